The van der Waals surface area contributed by atoms with Crippen LogP contribution in [0.3, 0.4) is 0 Å². The summed E-state index contributed by atoms with van der Waals surface area (Å²) in [5.41, 5.74) is 7.51. The zero-order valence-electron chi connectivity index (χ0n) is 17.7. The predicted octanol–water partition coefficient (Wildman–Crippen LogP) is 3.55. The monoisotopic (exact) mass is 435 g/mol. The van der Waals surface area contributed by atoms with Gasteiger partial charge in [0.2, 0.25) is 11.8 Å². The highest BCUT2D eigenvalue weighted by Gasteiger charge is 2.24. The Morgan fingerprint density at radius 1 is 1.26 bits per heavy atom. The van der Waals surface area contributed by atoms with Crippen molar-refractivity contribution in [3.8, 4) is 5.88 Å². The molecule has 5 heterocycles. The van der Waals surface area contributed by atoms with Gasteiger partial charge in [0, 0.05) is 42.5 Å². The number of pyridine rings is 2. The first-order valence-corrected chi connectivity index (χ1v) is 11.8. The quantitative estimate of drug-likeness (QED) is 0.624. The molecular formula is C22H25N7OS. The van der Waals surface area contributed by atoms with E-state index in [1.165, 1.54) is 11.1 Å². The van der Waals surface area contributed by atoms with Gasteiger partial charge in [-0.25, -0.2) is 15.0 Å². The highest BCUT2D eigenvalue weighted by Crippen LogP contribution is 2.36. The average Bonchev–Trinajstić information content (AvgIpc) is 2.80. The summed E-state index contributed by atoms with van der Waals surface area (Å²) in [5, 5.41) is 6.75. The average molecular weight is 436 g/mol. The van der Waals surface area contributed by atoms with E-state index in [4.69, 9.17) is 9.72 Å². The van der Waals surface area contributed by atoms with Crippen LogP contribution in [0.4, 0.5) is 23.0 Å². The van der Waals surface area contributed by atoms with Crippen molar-refractivity contribution in [2.45, 2.75) is 25.6 Å². The first-order chi connectivity index (χ1) is 15.2. The van der Waals surface area contributed by atoms with Crippen molar-refractivity contribution in [1.29, 1.82) is 0 Å². The van der Waals surface area contributed by atoms with Crippen molar-refractivity contribution in [3.05, 3.63) is 53.2 Å². The third-order valence-electron chi connectivity index (χ3n) is 5.57. The molecule has 0 fully saturated rings. The van der Waals surface area contributed by atoms with Gasteiger partial charge in [0.05, 0.1) is 29.8 Å². The summed E-state index contributed by atoms with van der Waals surface area (Å²) in [6.07, 6.45) is 8.65. The first-order valence-electron chi connectivity index (χ1n) is 10.4. The zero-order valence-corrected chi connectivity index (χ0v) is 18.5. The van der Waals surface area contributed by atoms with E-state index in [0.717, 1.165) is 60.3 Å². The van der Waals surface area contributed by atoms with E-state index in [-0.39, 0.29) is 0 Å². The SMILES string of the molecule is CSCc1cc(Nc2ncc3c(n2)CN(c2cnc4c(c2C)NCCO4)CC3)ccn1. The number of thioether (sulfide) groups is 1. The second-order valence-electron chi connectivity index (χ2n) is 7.65. The Hall–Kier alpha value is -3.07. The molecule has 0 radical (unpaired) electrons. The smallest absolute Gasteiger partial charge is 0.237 e. The largest absolute Gasteiger partial charge is 0.474 e. The minimum Gasteiger partial charge on any atom is -0.474 e. The molecule has 0 atom stereocenters. The van der Waals surface area contributed by atoms with Gasteiger partial charge in [-0.1, -0.05) is 0 Å². The zero-order chi connectivity index (χ0) is 21.2. The predicted molar refractivity (Wildman–Crippen MR) is 124 cm³/mol. The third kappa shape index (κ3) is 4.10. The first kappa shape index (κ1) is 19.9. The number of ether oxygens (including phenoxy) is 1. The lowest BCUT2D eigenvalue weighted by molar-refractivity contribution is 0.310. The maximum atomic E-state index is 5.67. The van der Waals surface area contributed by atoms with Crippen molar-refractivity contribution >= 4 is 34.8 Å². The fourth-order valence-electron chi connectivity index (χ4n) is 4.01. The van der Waals surface area contributed by atoms with Crippen LogP contribution in [-0.4, -0.2) is 45.9 Å². The number of hydrogen-bond acceptors (Lipinski definition) is 9. The number of nitrogens with one attached hydrogen (secondary N) is 2. The van der Waals surface area contributed by atoms with Crippen LogP contribution in [0.1, 0.15) is 22.5 Å². The summed E-state index contributed by atoms with van der Waals surface area (Å²) in [4.78, 5) is 20.6. The van der Waals surface area contributed by atoms with E-state index in [1.54, 1.807) is 11.8 Å². The number of nitrogens with zero attached hydrogens (tertiary/aromatic N) is 5. The standard InChI is InChI=1S/C22H25N7OS/c1-14-19(11-25-21-20(14)24-6-8-30-21)29-7-4-15-10-26-22(28-18(15)12-29)27-16-3-5-23-17(9-16)13-31-2/h3,5,9-11,24H,4,6-8,12-13H2,1-2H3,(H,23,26,27,28). The van der Waals surface area contributed by atoms with Gasteiger partial charge in [-0.2, -0.15) is 11.8 Å². The second kappa shape index (κ2) is 8.58. The molecule has 0 spiro atoms. The molecule has 3 aromatic rings. The van der Waals surface area contributed by atoms with Crippen LogP contribution >= 0.6 is 11.8 Å². The Bertz CT molecular complexity index is 1110. The summed E-state index contributed by atoms with van der Waals surface area (Å²) >= 11 is 1.75. The van der Waals surface area contributed by atoms with Gasteiger partial charge in [-0.3, -0.25) is 4.98 Å². The van der Waals surface area contributed by atoms with Crippen LogP contribution in [0.2, 0.25) is 0 Å². The molecule has 2 aliphatic rings. The minimum atomic E-state index is 0.609. The molecule has 0 saturated carbocycles. The molecule has 2 N–H and O–H groups in total. The van der Waals surface area contributed by atoms with Gasteiger partial charge in [0.25, 0.3) is 0 Å². The van der Waals surface area contributed by atoms with Crippen LogP contribution in [-0.2, 0) is 18.7 Å². The number of aromatic nitrogens is 4. The highest BCUT2D eigenvalue weighted by atomic mass is 32.2. The summed E-state index contributed by atoms with van der Waals surface area (Å²) < 4.78 is 5.67. The van der Waals surface area contributed by atoms with Crippen LogP contribution < -0.4 is 20.3 Å². The van der Waals surface area contributed by atoms with Crippen LogP contribution in [0.5, 0.6) is 5.88 Å². The lowest BCUT2D eigenvalue weighted by atomic mass is 10.0. The number of hydrogen-bond donors (Lipinski definition) is 2. The molecule has 9 heteroatoms. The van der Waals surface area contributed by atoms with E-state index >= 15 is 0 Å². The van der Waals surface area contributed by atoms with Crippen LogP contribution in [0, 0.1) is 6.92 Å². The Morgan fingerprint density at radius 2 is 2.19 bits per heavy atom. The molecule has 3 aromatic heterocycles. The lowest BCUT2D eigenvalue weighted by Crippen LogP contribution is -2.32. The molecular weight excluding hydrogens is 410 g/mol. The molecule has 2 aliphatic heterocycles. The van der Waals surface area contributed by atoms with Gasteiger partial charge in [-0.15, -0.1) is 0 Å². The molecule has 0 aliphatic carbocycles. The van der Waals surface area contributed by atoms with E-state index in [0.29, 0.717) is 18.4 Å². The summed E-state index contributed by atoms with van der Waals surface area (Å²) in [6, 6.07) is 3.99. The number of fused-ring (bicyclic) bond motifs is 2. The van der Waals surface area contributed by atoms with Gasteiger partial charge in [0.1, 0.15) is 12.3 Å². The van der Waals surface area contributed by atoms with Gasteiger partial charge in [0.15, 0.2) is 0 Å². The normalized spacial score (nSPS) is 14.8. The van der Waals surface area contributed by atoms with Crippen LogP contribution in [0.25, 0.3) is 0 Å². The molecule has 31 heavy (non-hydrogen) atoms. The molecule has 0 saturated heterocycles. The van der Waals surface area contributed by atoms with E-state index in [2.05, 4.69) is 43.7 Å². The Balaban J connectivity index is 1.37. The summed E-state index contributed by atoms with van der Waals surface area (Å²) in [6.45, 7) is 5.21. The molecule has 0 aromatic carbocycles. The molecule has 5 rings (SSSR count). The third-order valence-corrected chi connectivity index (χ3v) is 6.16. The fourth-order valence-corrected chi connectivity index (χ4v) is 4.46. The molecule has 160 valence electrons. The maximum Gasteiger partial charge on any atom is 0.237 e. The highest BCUT2D eigenvalue weighted by molar-refractivity contribution is 7.97. The van der Waals surface area contributed by atoms with E-state index in [1.807, 2.05) is 30.7 Å². The van der Waals surface area contributed by atoms with Crippen molar-refractivity contribution in [2.75, 3.05) is 41.5 Å². The van der Waals surface area contributed by atoms with Gasteiger partial charge < -0.3 is 20.3 Å². The topological polar surface area (TPSA) is 88.1 Å². The molecule has 8 nitrogen and oxygen atoms in total. The van der Waals surface area contributed by atoms with E-state index in [9.17, 15) is 0 Å². The van der Waals surface area contributed by atoms with Crippen molar-refractivity contribution in [1.82, 2.24) is 19.9 Å². The molecule has 0 unspecified atom stereocenters. The minimum absolute atomic E-state index is 0.609. The fraction of sp³-hybridized carbons (Fsp3) is 0.364. The Kier molecular flexibility index (Phi) is 5.50. The van der Waals surface area contributed by atoms with Crippen molar-refractivity contribution < 1.29 is 4.74 Å². The molecule has 0 amide bonds. The second-order valence-corrected chi connectivity index (χ2v) is 8.52. The Labute approximate surface area is 185 Å². The Morgan fingerprint density at radius 3 is 3.10 bits per heavy atom. The van der Waals surface area contributed by atoms with E-state index < -0.39 is 0 Å². The van der Waals surface area contributed by atoms with Gasteiger partial charge >= 0.3 is 0 Å². The number of anilines is 4. The van der Waals surface area contributed by atoms with Crippen LogP contribution in [0.15, 0.2) is 30.7 Å². The van der Waals surface area contributed by atoms with Crippen molar-refractivity contribution in [2.24, 2.45) is 0 Å². The lowest BCUT2D eigenvalue weighted by Gasteiger charge is -2.32. The van der Waals surface area contributed by atoms with Gasteiger partial charge in [-0.05, 0) is 37.3 Å². The van der Waals surface area contributed by atoms with Crippen molar-refractivity contribution in [3.63, 3.8) is 0 Å². The maximum absolute atomic E-state index is 5.67. The summed E-state index contributed by atoms with van der Waals surface area (Å²) in [7, 11) is 0. The summed E-state index contributed by atoms with van der Waals surface area (Å²) in [5.74, 6) is 2.18. The molecule has 0 bridgehead atoms. The number of rotatable bonds is 5.